The molecule has 2 N–H and O–H groups in total. The minimum Gasteiger partial charge on any atom is -0.477 e. The summed E-state index contributed by atoms with van der Waals surface area (Å²) in [5.74, 6) is -1.35. The largest absolute Gasteiger partial charge is 0.477 e. The van der Waals surface area contributed by atoms with Gasteiger partial charge < -0.3 is 10.4 Å². The van der Waals surface area contributed by atoms with Crippen LogP contribution < -0.4 is 5.32 Å². The number of aromatic carboxylic acids is 1. The molecule has 14 heavy (non-hydrogen) atoms. The number of nitrogens with zero attached hydrogens (tertiary/aromatic N) is 2. The van der Waals surface area contributed by atoms with Crippen molar-refractivity contribution in [2.75, 3.05) is 5.32 Å². The molecule has 1 rings (SSSR count). The van der Waals surface area contributed by atoms with E-state index in [1.165, 1.54) is 11.6 Å². The molecule has 6 heteroatoms. The van der Waals surface area contributed by atoms with Gasteiger partial charge in [0, 0.05) is 14.0 Å². The lowest BCUT2D eigenvalue weighted by Gasteiger charge is -1.97. The van der Waals surface area contributed by atoms with Crippen molar-refractivity contribution in [1.29, 1.82) is 0 Å². The molecule has 0 aromatic carbocycles. The minimum atomic E-state index is -1.10. The summed E-state index contributed by atoms with van der Waals surface area (Å²) in [6.45, 7) is 2.93. The second-order valence-corrected chi connectivity index (χ2v) is 2.92. The average Bonchev–Trinajstić information content (AvgIpc) is 2.26. The Labute approximate surface area is 80.5 Å². The Morgan fingerprint density at radius 1 is 1.50 bits per heavy atom. The first-order valence-corrected chi connectivity index (χ1v) is 3.98. The number of hydrogen-bond acceptors (Lipinski definition) is 3. The van der Waals surface area contributed by atoms with Gasteiger partial charge in [-0.05, 0) is 6.92 Å². The van der Waals surface area contributed by atoms with Crippen molar-refractivity contribution >= 4 is 17.7 Å². The quantitative estimate of drug-likeness (QED) is 0.718. The van der Waals surface area contributed by atoms with E-state index in [-0.39, 0.29) is 17.3 Å². The predicted molar refractivity (Wildman–Crippen MR) is 49.2 cm³/mol. The summed E-state index contributed by atoms with van der Waals surface area (Å²) >= 11 is 0. The molecule has 76 valence electrons. The highest BCUT2D eigenvalue weighted by Crippen LogP contribution is 2.17. The number of aromatic nitrogens is 2. The Bertz CT molecular complexity index is 395. The molecule has 0 radical (unpaired) electrons. The number of carboxylic acids is 1. The Morgan fingerprint density at radius 3 is 2.50 bits per heavy atom. The summed E-state index contributed by atoms with van der Waals surface area (Å²) in [7, 11) is 1.62. The molecule has 6 nitrogen and oxygen atoms in total. The second-order valence-electron chi connectivity index (χ2n) is 2.92. The van der Waals surface area contributed by atoms with Crippen LogP contribution in [0.5, 0.6) is 0 Å². The van der Waals surface area contributed by atoms with Crippen molar-refractivity contribution in [3.8, 4) is 0 Å². The summed E-state index contributed by atoms with van der Waals surface area (Å²) in [5, 5.41) is 15.1. The van der Waals surface area contributed by atoms with Crippen LogP contribution in [-0.4, -0.2) is 26.8 Å². The summed E-state index contributed by atoms with van der Waals surface area (Å²) in [4.78, 5) is 21.6. The fourth-order valence-corrected chi connectivity index (χ4v) is 1.12. The van der Waals surface area contributed by atoms with E-state index in [1.54, 1.807) is 14.0 Å². The Kier molecular flexibility index (Phi) is 2.55. The summed E-state index contributed by atoms with van der Waals surface area (Å²) in [5.41, 5.74) is 0.531. The normalized spacial score (nSPS) is 9.93. The van der Waals surface area contributed by atoms with Gasteiger partial charge in [-0.3, -0.25) is 9.48 Å². The van der Waals surface area contributed by atoms with Crippen molar-refractivity contribution in [2.45, 2.75) is 13.8 Å². The molecule has 1 amide bonds. The van der Waals surface area contributed by atoms with Gasteiger partial charge in [0.15, 0.2) is 5.82 Å². The molecule has 1 aromatic heterocycles. The van der Waals surface area contributed by atoms with Crippen molar-refractivity contribution in [1.82, 2.24) is 9.78 Å². The van der Waals surface area contributed by atoms with Crippen LogP contribution in [0.15, 0.2) is 0 Å². The highest BCUT2D eigenvalue weighted by molar-refractivity contribution is 5.99. The first-order valence-electron chi connectivity index (χ1n) is 3.98. The van der Waals surface area contributed by atoms with Crippen LogP contribution in [0.1, 0.15) is 23.0 Å². The van der Waals surface area contributed by atoms with Gasteiger partial charge in [0.1, 0.15) is 5.56 Å². The second kappa shape index (κ2) is 3.49. The van der Waals surface area contributed by atoms with Gasteiger partial charge in [0.25, 0.3) is 0 Å². The molecular weight excluding hydrogens is 186 g/mol. The van der Waals surface area contributed by atoms with Gasteiger partial charge in [-0.1, -0.05) is 0 Å². The molecule has 0 saturated carbocycles. The molecule has 0 atom stereocenters. The van der Waals surface area contributed by atoms with Gasteiger partial charge in [0.05, 0.1) is 5.69 Å². The molecule has 0 spiro atoms. The van der Waals surface area contributed by atoms with Crippen LogP contribution in [0, 0.1) is 6.92 Å². The summed E-state index contributed by atoms with van der Waals surface area (Å²) in [6.07, 6.45) is 0. The minimum absolute atomic E-state index is 0.0303. The molecule has 1 aromatic rings. The number of anilines is 1. The van der Waals surface area contributed by atoms with Gasteiger partial charge in [0.2, 0.25) is 5.91 Å². The molecule has 0 bridgehead atoms. The van der Waals surface area contributed by atoms with E-state index in [4.69, 9.17) is 5.11 Å². The topological polar surface area (TPSA) is 84.2 Å². The van der Waals surface area contributed by atoms with E-state index >= 15 is 0 Å². The van der Waals surface area contributed by atoms with E-state index in [0.29, 0.717) is 5.69 Å². The van der Waals surface area contributed by atoms with Crippen LogP contribution in [0.25, 0.3) is 0 Å². The van der Waals surface area contributed by atoms with E-state index in [1.807, 2.05) is 0 Å². The lowest BCUT2D eigenvalue weighted by Crippen LogP contribution is -2.10. The van der Waals surface area contributed by atoms with E-state index in [2.05, 4.69) is 10.4 Å². The number of aryl methyl sites for hydroxylation is 1. The van der Waals surface area contributed by atoms with Gasteiger partial charge in [-0.15, -0.1) is 0 Å². The fraction of sp³-hybridized carbons (Fsp3) is 0.375. The number of carboxylic acid groups (broad SMARTS) is 1. The standard InChI is InChI=1S/C8H11N3O3/c1-4-6(8(13)14)7(9-5(2)12)10-11(4)3/h1-3H3,(H,13,14)(H,9,10,12). The molecule has 1 heterocycles. The van der Waals surface area contributed by atoms with Crippen LogP contribution >= 0.6 is 0 Å². The summed E-state index contributed by atoms with van der Waals surface area (Å²) < 4.78 is 1.41. The van der Waals surface area contributed by atoms with Crippen molar-refractivity contribution in [3.63, 3.8) is 0 Å². The van der Waals surface area contributed by atoms with Crippen molar-refractivity contribution in [2.24, 2.45) is 7.05 Å². The SMILES string of the molecule is CC(=O)Nc1nn(C)c(C)c1C(=O)O. The lowest BCUT2D eigenvalue weighted by atomic mass is 10.2. The molecule has 0 aliphatic rings. The zero-order chi connectivity index (χ0) is 10.9. The third-order valence-electron chi connectivity index (χ3n) is 1.84. The van der Waals surface area contributed by atoms with Crippen LogP contribution in [0.2, 0.25) is 0 Å². The summed E-state index contributed by atoms with van der Waals surface area (Å²) in [6, 6.07) is 0. The Morgan fingerprint density at radius 2 is 2.07 bits per heavy atom. The highest BCUT2D eigenvalue weighted by Gasteiger charge is 2.19. The van der Waals surface area contributed by atoms with Gasteiger partial charge >= 0.3 is 5.97 Å². The third kappa shape index (κ3) is 1.73. The molecule has 0 fully saturated rings. The zero-order valence-corrected chi connectivity index (χ0v) is 8.16. The monoisotopic (exact) mass is 197 g/mol. The molecule has 0 saturated heterocycles. The van der Waals surface area contributed by atoms with Gasteiger partial charge in [-0.2, -0.15) is 5.10 Å². The van der Waals surface area contributed by atoms with Crippen molar-refractivity contribution in [3.05, 3.63) is 11.3 Å². The number of carbonyl (C=O) groups is 2. The maximum absolute atomic E-state index is 10.8. The first kappa shape index (κ1) is 10.2. The number of nitrogens with one attached hydrogen (secondary N) is 1. The third-order valence-corrected chi connectivity index (χ3v) is 1.84. The highest BCUT2D eigenvalue weighted by atomic mass is 16.4. The number of carbonyl (C=O) groups excluding carboxylic acids is 1. The van der Waals surface area contributed by atoms with Gasteiger partial charge in [-0.25, -0.2) is 4.79 Å². The van der Waals surface area contributed by atoms with E-state index < -0.39 is 5.97 Å². The number of rotatable bonds is 2. The zero-order valence-electron chi connectivity index (χ0n) is 8.16. The Balaban J connectivity index is 3.22. The van der Waals surface area contributed by atoms with Crippen LogP contribution in [-0.2, 0) is 11.8 Å². The average molecular weight is 197 g/mol. The fourth-order valence-electron chi connectivity index (χ4n) is 1.12. The van der Waals surface area contributed by atoms with Crippen LogP contribution in [0.3, 0.4) is 0 Å². The molecule has 0 aliphatic carbocycles. The molecular formula is C8H11N3O3. The number of hydrogen-bond donors (Lipinski definition) is 2. The predicted octanol–water partition coefficient (Wildman–Crippen LogP) is 0.385. The van der Waals surface area contributed by atoms with E-state index in [0.717, 1.165) is 0 Å². The maximum atomic E-state index is 10.8. The van der Waals surface area contributed by atoms with E-state index in [9.17, 15) is 9.59 Å². The number of amides is 1. The van der Waals surface area contributed by atoms with Crippen molar-refractivity contribution < 1.29 is 14.7 Å². The molecule has 0 unspecified atom stereocenters. The first-order chi connectivity index (χ1) is 6.43. The molecule has 0 aliphatic heterocycles. The maximum Gasteiger partial charge on any atom is 0.341 e. The smallest absolute Gasteiger partial charge is 0.341 e. The Hall–Kier alpha value is -1.85. The lowest BCUT2D eigenvalue weighted by molar-refractivity contribution is -0.114. The van der Waals surface area contributed by atoms with Crippen LogP contribution in [0.4, 0.5) is 5.82 Å².